The zero-order chi connectivity index (χ0) is 14.5. The van der Waals surface area contributed by atoms with E-state index in [2.05, 4.69) is 19.3 Å². The second kappa shape index (κ2) is 7.38. The molecule has 21 heavy (non-hydrogen) atoms. The van der Waals surface area contributed by atoms with Crippen LogP contribution in [0.4, 0.5) is 0 Å². The summed E-state index contributed by atoms with van der Waals surface area (Å²) in [4.78, 5) is 9.44. The van der Waals surface area contributed by atoms with Crippen LogP contribution in [-0.4, -0.2) is 9.97 Å². The molecule has 0 spiro atoms. The molecule has 0 aliphatic heterocycles. The molecule has 0 aromatic carbocycles. The number of hydrogen-bond donors (Lipinski definition) is 0. The van der Waals surface area contributed by atoms with Gasteiger partial charge in [0, 0.05) is 18.3 Å². The van der Waals surface area contributed by atoms with Crippen LogP contribution < -0.4 is 0 Å². The van der Waals surface area contributed by atoms with E-state index in [1.807, 2.05) is 0 Å². The van der Waals surface area contributed by atoms with Gasteiger partial charge < -0.3 is 0 Å². The van der Waals surface area contributed by atoms with Crippen molar-refractivity contribution in [3.8, 4) is 0 Å². The van der Waals surface area contributed by atoms with Crippen molar-refractivity contribution in [1.29, 1.82) is 0 Å². The van der Waals surface area contributed by atoms with Gasteiger partial charge in [-0.15, -0.1) is 0 Å². The quantitative estimate of drug-likeness (QED) is 0.720. The fourth-order valence-corrected chi connectivity index (χ4v) is 4.32. The molecule has 2 aliphatic rings. The Morgan fingerprint density at radius 3 is 2.14 bits per heavy atom. The lowest BCUT2D eigenvalue weighted by Crippen LogP contribution is -2.14. The molecule has 0 amide bonds. The van der Waals surface area contributed by atoms with Crippen molar-refractivity contribution in [2.24, 2.45) is 5.92 Å². The Bertz CT molecular complexity index is 412. The number of hydrogen-bond acceptors (Lipinski definition) is 2. The van der Waals surface area contributed by atoms with Gasteiger partial charge in [-0.25, -0.2) is 9.97 Å². The van der Waals surface area contributed by atoms with Gasteiger partial charge >= 0.3 is 0 Å². The van der Waals surface area contributed by atoms with Crippen LogP contribution in [0.5, 0.6) is 0 Å². The molecule has 116 valence electrons. The lowest BCUT2D eigenvalue weighted by atomic mass is 9.78. The molecule has 0 radical (unpaired) electrons. The number of aromatic nitrogens is 2. The lowest BCUT2D eigenvalue weighted by molar-refractivity contribution is 0.307. The second-order valence-corrected chi connectivity index (χ2v) is 7.22. The summed E-state index contributed by atoms with van der Waals surface area (Å²) in [6.45, 7) is 2.31. The molecule has 2 saturated carbocycles. The minimum absolute atomic E-state index is 0.632. The molecule has 2 heteroatoms. The highest BCUT2D eigenvalue weighted by Crippen LogP contribution is 2.37. The Hall–Kier alpha value is -0.920. The van der Waals surface area contributed by atoms with Crippen LogP contribution in [-0.2, 0) is 0 Å². The minimum atomic E-state index is 0.632. The van der Waals surface area contributed by atoms with E-state index in [1.165, 1.54) is 76.2 Å². The van der Waals surface area contributed by atoms with Gasteiger partial charge in [-0.3, -0.25) is 0 Å². The SMILES string of the molecule is CCCC1CCC(c2cnc(C3CCCCC3)nc2)CC1. The maximum absolute atomic E-state index is 4.72. The Balaban J connectivity index is 1.57. The van der Waals surface area contributed by atoms with Crippen molar-refractivity contribution in [2.75, 3.05) is 0 Å². The summed E-state index contributed by atoms with van der Waals surface area (Å²) in [5, 5.41) is 0. The molecular weight excluding hydrogens is 256 g/mol. The van der Waals surface area contributed by atoms with E-state index in [0.717, 1.165) is 17.7 Å². The zero-order valence-electron chi connectivity index (χ0n) is 13.6. The van der Waals surface area contributed by atoms with Crippen molar-refractivity contribution in [3.63, 3.8) is 0 Å². The molecular formula is C19H30N2. The zero-order valence-corrected chi connectivity index (χ0v) is 13.6. The maximum atomic E-state index is 4.72. The first-order valence-corrected chi connectivity index (χ1v) is 9.18. The van der Waals surface area contributed by atoms with E-state index in [9.17, 15) is 0 Å². The van der Waals surface area contributed by atoms with Crippen molar-refractivity contribution < 1.29 is 0 Å². The summed E-state index contributed by atoms with van der Waals surface area (Å²) >= 11 is 0. The first-order chi connectivity index (χ1) is 10.4. The summed E-state index contributed by atoms with van der Waals surface area (Å²) in [5.41, 5.74) is 1.39. The predicted molar refractivity (Wildman–Crippen MR) is 87.5 cm³/mol. The third-order valence-electron chi connectivity index (χ3n) is 5.68. The molecule has 0 bridgehead atoms. The van der Waals surface area contributed by atoms with Gasteiger partial charge in [0.1, 0.15) is 5.82 Å². The molecule has 2 nitrogen and oxygen atoms in total. The normalized spacial score (nSPS) is 27.7. The maximum Gasteiger partial charge on any atom is 0.131 e. The lowest BCUT2D eigenvalue weighted by Gasteiger charge is -2.28. The Morgan fingerprint density at radius 2 is 1.52 bits per heavy atom. The standard InChI is InChI=1S/C19H30N2/c1-2-6-15-9-11-16(12-10-15)18-13-20-19(21-14-18)17-7-4-3-5-8-17/h13-17H,2-12H2,1H3. The summed E-state index contributed by atoms with van der Waals surface area (Å²) in [5.74, 6) is 3.44. The summed E-state index contributed by atoms with van der Waals surface area (Å²) < 4.78 is 0. The van der Waals surface area contributed by atoms with E-state index in [0.29, 0.717) is 5.92 Å². The van der Waals surface area contributed by atoms with Gasteiger partial charge in [0.15, 0.2) is 0 Å². The van der Waals surface area contributed by atoms with Crippen LogP contribution in [0.2, 0.25) is 0 Å². The Morgan fingerprint density at radius 1 is 0.857 bits per heavy atom. The molecule has 0 N–H and O–H groups in total. The number of rotatable bonds is 4. The van der Waals surface area contributed by atoms with Gasteiger partial charge in [0.05, 0.1) is 0 Å². The van der Waals surface area contributed by atoms with Crippen molar-refractivity contribution in [2.45, 2.75) is 89.4 Å². The van der Waals surface area contributed by atoms with Crippen molar-refractivity contribution >= 4 is 0 Å². The summed E-state index contributed by atoms with van der Waals surface area (Å²) in [6, 6.07) is 0. The molecule has 1 aromatic rings. The molecule has 0 unspecified atom stereocenters. The summed E-state index contributed by atoms with van der Waals surface area (Å²) in [7, 11) is 0. The first kappa shape index (κ1) is 15.0. The van der Waals surface area contributed by atoms with Crippen LogP contribution in [0.25, 0.3) is 0 Å². The van der Waals surface area contributed by atoms with Gasteiger partial charge in [0.2, 0.25) is 0 Å². The molecule has 1 aromatic heterocycles. The van der Waals surface area contributed by atoms with E-state index >= 15 is 0 Å². The largest absolute Gasteiger partial charge is 0.241 e. The van der Waals surface area contributed by atoms with Crippen LogP contribution >= 0.6 is 0 Å². The fraction of sp³-hybridized carbons (Fsp3) is 0.789. The van der Waals surface area contributed by atoms with Crippen molar-refractivity contribution in [3.05, 3.63) is 23.8 Å². The topological polar surface area (TPSA) is 25.8 Å². The third kappa shape index (κ3) is 3.84. The van der Waals surface area contributed by atoms with Crippen molar-refractivity contribution in [1.82, 2.24) is 9.97 Å². The van der Waals surface area contributed by atoms with Gasteiger partial charge in [-0.1, -0.05) is 39.0 Å². The molecule has 1 heterocycles. The molecule has 0 atom stereocenters. The first-order valence-electron chi connectivity index (χ1n) is 9.18. The molecule has 2 aliphatic carbocycles. The smallest absolute Gasteiger partial charge is 0.131 e. The highest BCUT2D eigenvalue weighted by molar-refractivity contribution is 5.14. The van der Waals surface area contributed by atoms with E-state index in [-0.39, 0.29) is 0 Å². The highest BCUT2D eigenvalue weighted by Gasteiger charge is 2.23. The Labute approximate surface area is 129 Å². The minimum Gasteiger partial charge on any atom is -0.241 e. The van der Waals surface area contributed by atoms with Gasteiger partial charge in [-0.05, 0) is 55.9 Å². The predicted octanol–water partition coefficient (Wildman–Crippen LogP) is 5.60. The molecule has 0 saturated heterocycles. The average Bonchev–Trinajstić information content (AvgIpc) is 2.57. The fourth-order valence-electron chi connectivity index (χ4n) is 4.32. The van der Waals surface area contributed by atoms with Crippen LogP contribution in [0.3, 0.4) is 0 Å². The van der Waals surface area contributed by atoms with Crippen LogP contribution in [0.15, 0.2) is 12.4 Å². The average molecular weight is 286 g/mol. The molecule has 2 fully saturated rings. The van der Waals surface area contributed by atoms with E-state index in [1.54, 1.807) is 0 Å². The van der Waals surface area contributed by atoms with Crippen LogP contribution in [0, 0.1) is 5.92 Å². The van der Waals surface area contributed by atoms with Gasteiger partial charge in [0.25, 0.3) is 0 Å². The Kier molecular flexibility index (Phi) is 5.27. The molecule has 3 rings (SSSR count). The third-order valence-corrected chi connectivity index (χ3v) is 5.68. The number of nitrogens with zero attached hydrogens (tertiary/aromatic N) is 2. The van der Waals surface area contributed by atoms with E-state index < -0.39 is 0 Å². The van der Waals surface area contributed by atoms with E-state index in [4.69, 9.17) is 9.97 Å². The van der Waals surface area contributed by atoms with Gasteiger partial charge in [-0.2, -0.15) is 0 Å². The summed E-state index contributed by atoms with van der Waals surface area (Å²) in [6.07, 6.45) is 19.2. The highest BCUT2D eigenvalue weighted by atomic mass is 14.9. The monoisotopic (exact) mass is 286 g/mol. The van der Waals surface area contributed by atoms with Crippen LogP contribution in [0.1, 0.15) is 101 Å². The second-order valence-electron chi connectivity index (χ2n) is 7.22.